The van der Waals surface area contributed by atoms with Gasteiger partial charge in [0.05, 0.1) is 30.9 Å². The molecule has 1 amide bonds. The van der Waals surface area contributed by atoms with Gasteiger partial charge in [0.1, 0.15) is 0 Å². The summed E-state index contributed by atoms with van der Waals surface area (Å²) >= 11 is 0. The fourth-order valence-corrected chi connectivity index (χ4v) is 3.20. The van der Waals surface area contributed by atoms with E-state index in [0.717, 1.165) is 28.0 Å². The highest BCUT2D eigenvalue weighted by Gasteiger charge is 2.17. The normalized spacial score (nSPS) is 10.9. The molecule has 0 saturated heterocycles. The molecule has 0 radical (unpaired) electrons. The highest BCUT2D eigenvalue weighted by molar-refractivity contribution is 6.06. The lowest BCUT2D eigenvalue weighted by Gasteiger charge is -2.11. The molecule has 0 bridgehead atoms. The number of hydrogen-bond donors (Lipinski definition) is 1. The van der Waals surface area contributed by atoms with Crippen molar-refractivity contribution >= 4 is 16.9 Å². The summed E-state index contributed by atoms with van der Waals surface area (Å²) < 4.78 is 12.3. The summed E-state index contributed by atoms with van der Waals surface area (Å²) in [6, 6.07) is 7.56. The molecular formula is C20H24N4O3. The quantitative estimate of drug-likeness (QED) is 0.723. The van der Waals surface area contributed by atoms with E-state index >= 15 is 0 Å². The molecule has 7 nitrogen and oxygen atoms in total. The summed E-state index contributed by atoms with van der Waals surface area (Å²) in [7, 11) is 5.05. The van der Waals surface area contributed by atoms with E-state index in [1.165, 1.54) is 0 Å². The fraction of sp³-hybridized carbons (Fsp3) is 0.350. The predicted molar refractivity (Wildman–Crippen MR) is 104 cm³/mol. The van der Waals surface area contributed by atoms with Gasteiger partial charge in [0.25, 0.3) is 5.91 Å². The number of fused-ring (bicyclic) bond motifs is 1. The third-order valence-corrected chi connectivity index (χ3v) is 4.49. The molecule has 0 spiro atoms. The predicted octanol–water partition coefficient (Wildman–Crippen LogP) is 2.57. The van der Waals surface area contributed by atoms with Crippen molar-refractivity contribution in [1.82, 2.24) is 20.1 Å². The summed E-state index contributed by atoms with van der Waals surface area (Å²) in [5, 5.41) is 8.18. The van der Waals surface area contributed by atoms with E-state index in [0.29, 0.717) is 30.0 Å². The van der Waals surface area contributed by atoms with Gasteiger partial charge in [0.2, 0.25) is 0 Å². The summed E-state index contributed by atoms with van der Waals surface area (Å²) in [6.07, 6.45) is 0.686. The second-order valence-electron chi connectivity index (χ2n) is 6.41. The van der Waals surface area contributed by atoms with Crippen LogP contribution in [0.25, 0.3) is 11.0 Å². The Hall–Kier alpha value is -3.09. The maximum absolute atomic E-state index is 12.8. The first-order valence-electron chi connectivity index (χ1n) is 8.74. The van der Waals surface area contributed by atoms with Crippen LogP contribution in [-0.2, 0) is 13.5 Å². The molecule has 0 aliphatic heterocycles. The third-order valence-electron chi connectivity index (χ3n) is 4.49. The van der Waals surface area contributed by atoms with Crippen molar-refractivity contribution in [2.45, 2.75) is 20.3 Å². The Morgan fingerprint density at radius 1 is 1.15 bits per heavy atom. The van der Waals surface area contributed by atoms with Crippen molar-refractivity contribution in [2.24, 2.45) is 7.05 Å². The molecule has 0 atom stereocenters. The number of hydrogen-bond acceptors (Lipinski definition) is 5. The standard InChI is InChI=1S/C20H24N4O3/c1-12-10-15(18-13(2)23-24(3)19(18)22-12)20(25)21-9-8-14-6-7-16(26-4)17(11-14)27-5/h6-7,10-11H,8-9H2,1-5H3,(H,21,25). The maximum Gasteiger partial charge on any atom is 0.252 e. The van der Waals surface area contributed by atoms with Crippen LogP contribution in [0.4, 0.5) is 0 Å². The maximum atomic E-state index is 12.8. The van der Waals surface area contributed by atoms with Gasteiger partial charge < -0.3 is 14.8 Å². The van der Waals surface area contributed by atoms with Gasteiger partial charge in [-0.3, -0.25) is 9.48 Å². The van der Waals surface area contributed by atoms with Crippen LogP contribution in [-0.4, -0.2) is 41.4 Å². The average molecular weight is 368 g/mol. The molecule has 0 aliphatic rings. The van der Waals surface area contributed by atoms with Gasteiger partial charge in [0.15, 0.2) is 17.1 Å². The van der Waals surface area contributed by atoms with Crippen LogP contribution < -0.4 is 14.8 Å². The number of amides is 1. The highest BCUT2D eigenvalue weighted by atomic mass is 16.5. The Balaban J connectivity index is 1.74. The minimum absolute atomic E-state index is 0.123. The topological polar surface area (TPSA) is 78.3 Å². The average Bonchev–Trinajstić information content (AvgIpc) is 2.94. The van der Waals surface area contributed by atoms with Gasteiger partial charge in [-0.1, -0.05) is 6.07 Å². The molecule has 142 valence electrons. The Kier molecular flexibility index (Phi) is 5.30. The molecule has 2 heterocycles. The summed E-state index contributed by atoms with van der Waals surface area (Å²) in [6.45, 7) is 4.28. The lowest BCUT2D eigenvalue weighted by molar-refractivity contribution is 0.0955. The molecule has 1 N–H and O–H groups in total. The van der Waals surface area contributed by atoms with Crippen LogP contribution in [0.1, 0.15) is 27.3 Å². The van der Waals surface area contributed by atoms with Crippen molar-refractivity contribution in [2.75, 3.05) is 20.8 Å². The molecule has 0 fully saturated rings. The Morgan fingerprint density at radius 2 is 1.89 bits per heavy atom. The molecule has 0 aliphatic carbocycles. The van der Waals surface area contributed by atoms with Gasteiger partial charge in [-0.2, -0.15) is 5.10 Å². The first-order valence-corrected chi connectivity index (χ1v) is 8.74. The minimum Gasteiger partial charge on any atom is -0.493 e. The van der Waals surface area contributed by atoms with E-state index in [9.17, 15) is 4.79 Å². The number of benzene rings is 1. The van der Waals surface area contributed by atoms with Crippen LogP contribution in [0.15, 0.2) is 24.3 Å². The second kappa shape index (κ2) is 7.65. The van der Waals surface area contributed by atoms with Crippen LogP contribution in [0, 0.1) is 13.8 Å². The summed E-state index contributed by atoms with van der Waals surface area (Å²) in [4.78, 5) is 17.3. The van der Waals surface area contributed by atoms with Crippen LogP contribution in [0.2, 0.25) is 0 Å². The van der Waals surface area contributed by atoms with Crippen molar-refractivity contribution in [3.05, 3.63) is 46.8 Å². The number of carbonyl (C=O) groups excluding carboxylic acids is 1. The zero-order chi connectivity index (χ0) is 19.6. The lowest BCUT2D eigenvalue weighted by Crippen LogP contribution is -2.26. The summed E-state index contributed by atoms with van der Waals surface area (Å²) in [5.41, 5.74) is 3.97. The number of nitrogens with zero attached hydrogens (tertiary/aromatic N) is 3. The number of pyridine rings is 1. The largest absolute Gasteiger partial charge is 0.493 e. The molecule has 0 unspecified atom stereocenters. The number of methoxy groups -OCH3 is 2. The first kappa shape index (κ1) is 18.7. The van der Waals surface area contributed by atoms with Crippen LogP contribution in [0.5, 0.6) is 11.5 Å². The second-order valence-corrected chi connectivity index (χ2v) is 6.41. The highest BCUT2D eigenvalue weighted by Crippen LogP contribution is 2.27. The van der Waals surface area contributed by atoms with Gasteiger partial charge in [-0.05, 0) is 44.0 Å². The number of aromatic nitrogens is 3. The van der Waals surface area contributed by atoms with Crippen LogP contribution in [0.3, 0.4) is 0 Å². The molecule has 7 heteroatoms. The van der Waals surface area contributed by atoms with Crippen molar-refractivity contribution < 1.29 is 14.3 Å². The van der Waals surface area contributed by atoms with E-state index in [2.05, 4.69) is 15.4 Å². The monoisotopic (exact) mass is 368 g/mol. The van der Waals surface area contributed by atoms with E-state index in [1.54, 1.807) is 18.9 Å². The molecule has 3 aromatic rings. The van der Waals surface area contributed by atoms with Gasteiger partial charge >= 0.3 is 0 Å². The van der Waals surface area contributed by atoms with E-state index < -0.39 is 0 Å². The van der Waals surface area contributed by atoms with E-state index in [1.807, 2.05) is 45.2 Å². The van der Waals surface area contributed by atoms with Gasteiger partial charge in [-0.15, -0.1) is 0 Å². The van der Waals surface area contributed by atoms with E-state index in [4.69, 9.17) is 9.47 Å². The Morgan fingerprint density at radius 3 is 2.59 bits per heavy atom. The Labute approximate surface area is 158 Å². The first-order chi connectivity index (χ1) is 12.9. The SMILES string of the molecule is COc1ccc(CCNC(=O)c2cc(C)nc3c2c(C)nn3C)cc1OC. The lowest BCUT2D eigenvalue weighted by atomic mass is 10.1. The summed E-state index contributed by atoms with van der Waals surface area (Å²) in [5.74, 6) is 1.24. The van der Waals surface area contributed by atoms with Crippen LogP contribution >= 0.6 is 0 Å². The van der Waals surface area contributed by atoms with Crippen molar-refractivity contribution in [3.8, 4) is 11.5 Å². The smallest absolute Gasteiger partial charge is 0.252 e. The van der Waals surface area contributed by atoms with Crippen molar-refractivity contribution in [1.29, 1.82) is 0 Å². The molecule has 2 aromatic heterocycles. The molecule has 1 aromatic carbocycles. The molecular weight excluding hydrogens is 344 g/mol. The zero-order valence-electron chi connectivity index (χ0n) is 16.3. The minimum atomic E-state index is -0.123. The molecule has 27 heavy (non-hydrogen) atoms. The number of rotatable bonds is 6. The molecule has 0 saturated carbocycles. The number of carbonyl (C=O) groups is 1. The molecule has 3 rings (SSSR count). The number of aryl methyl sites for hydroxylation is 3. The van der Waals surface area contributed by atoms with Gasteiger partial charge in [-0.25, -0.2) is 4.98 Å². The van der Waals surface area contributed by atoms with Crippen molar-refractivity contribution in [3.63, 3.8) is 0 Å². The van der Waals surface area contributed by atoms with E-state index in [-0.39, 0.29) is 5.91 Å². The zero-order valence-corrected chi connectivity index (χ0v) is 16.3. The number of ether oxygens (including phenoxy) is 2. The Bertz CT molecular complexity index is 995. The third kappa shape index (κ3) is 3.72. The number of nitrogens with one attached hydrogen (secondary N) is 1. The fourth-order valence-electron chi connectivity index (χ4n) is 3.20. The van der Waals surface area contributed by atoms with Gasteiger partial charge in [0, 0.05) is 19.3 Å².